The Kier molecular flexibility index (Phi) is 4.03. The van der Waals surface area contributed by atoms with E-state index in [2.05, 4.69) is 11.9 Å². The predicted octanol–water partition coefficient (Wildman–Crippen LogP) is -0.702. The van der Waals surface area contributed by atoms with Crippen LogP contribution in [-0.2, 0) is 9.59 Å². The van der Waals surface area contributed by atoms with Crippen molar-refractivity contribution in [3.05, 3.63) is 11.1 Å². The van der Waals surface area contributed by atoms with Crippen molar-refractivity contribution in [1.29, 1.82) is 0 Å². The number of hydrogen-bond acceptors (Lipinski definition) is 4. The number of hydrogen-bond donors (Lipinski definition) is 2. The molecule has 6 unspecified atom stereocenters. The number of nitrogens with zero attached hydrogens (tertiary/aromatic N) is 1. The molecule has 142 valence electrons. The number of nitrogens with two attached hydrogens (primary N) is 1. The van der Waals surface area contributed by atoms with E-state index in [0.29, 0.717) is 29.8 Å². The second-order valence-corrected chi connectivity index (χ2v) is 8.88. The number of quaternary nitrogens is 1. The van der Waals surface area contributed by atoms with E-state index in [4.69, 9.17) is 5.73 Å². The van der Waals surface area contributed by atoms with Crippen LogP contribution >= 0.6 is 0 Å². The minimum absolute atomic E-state index is 0.0291. The van der Waals surface area contributed by atoms with Crippen molar-refractivity contribution in [3.8, 4) is 0 Å². The van der Waals surface area contributed by atoms with Gasteiger partial charge in [-0.05, 0) is 55.9 Å². The number of guanidine groups is 1. The highest BCUT2D eigenvalue weighted by Gasteiger charge is 2.71. The number of nitrogens with one attached hydrogen (secondary N) is 1. The molecule has 3 aliphatic carbocycles. The molecule has 0 aromatic heterocycles. The van der Waals surface area contributed by atoms with Gasteiger partial charge in [-0.3, -0.25) is 4.90 Å². The fraction of sp³-hybridized carbons (Fsp3) is 0.750. The maximum Gasteiger partial charge on any atom is 0.293 e. The van der Waals surface area contributed by atoms with Crippen LogP contribution in [0, 0.1) is 28.6 Å². The van der Waals surface area contributed by atoms with Crippen molar-refractivity contribution >= 4 is 18.2 Å². The predicted molar refractivity (Wildman–Crippen MR) is 95.1 cm³/mol. The van der Waals surface area contributed by atoms with Crippen LogP contribution in [0.1, 0.15) is 45.4 Å². The highest BCUT2D eigenvalue weighted by Crippen LogP contribution is 2.74. The van der Waals surface area contributed by atoms with Crippen LogP contribution in [0.2, 0.25) is 0 Å². The average Bonchev–Trinajstić information content (AvgIpc) is 3.04. The molecule has 1 heterocycles. The first-order valence-electron chi connectivity index (χ1n) is 9.88. The van der Waals surface area contributed by atoms with E-state index in [1.807, 2.05) is 0 Å². The van der Waals surface area contributed by atoms with Gasteiger partial charge < -0.3 is 20.4 Å². The molecule has 3 N–H and O–H groups in total. The standard InChI is InChI=1S/C20H29N3O3/c1-12-4-5-14-8-15-16(17(25)26)13(10-24)9-20(12,15)19(14)6-3-7-23(11-19)18(21)22-2/h10,12-14H,3-9,11H2,1-2H3,(H2,21,22)(H,25,26). The Balaban J connectivity index is 1.87. The van der Waals surface area contributed by atoms with Gasteiger partial charge in [0.25, 0.3) is 5.96 Å². The van der Waals surface area contributed by atoms with Gasteiger partial charge in [0, 0.05) is 23.8 Å². The zero-order chi connectivity index (χ0) is 18.7. The van der Waals surface area contributed by atoms with E-state index < -0.39 is 11.9 Å². The number of aliphatic imine (C=N–C) groups is 1. The number of piperidine rings is 1. The molecule has 0 amide bonds. The molecule has 1 saturated heterocycles. The summed E-state index contributed by atoms with van der Waals surface area (Å²) in [6.07, 6.45) is 6.69. The minimum atomic E-state index is -1.14. The molecule has 26 heavy (non-hydrogen) atoms. The molecule has 4 aliphatic rings. The van der Waals surface area contributed by atoms with Crippen molar-refractivity contribution in [1.82, 2.24) is 0 Å². The normalized spacial score (nSPS) is 45.1. The third kappa shape index (κ3) is 1.99. The summed E-state index contributed by atoms with van der Waals surface area (Å²) in [6.45, 7) is 4.14. The fourth-order valence-electron chi connectivity index (χ4n) is 7.37. The van der Waals surface area contributed by atoms with Gasteiger partial charge in [0.1, 0.15) is 6.29 Å². The van der Waals surface area contributed by atoms with Gasteiger partial charge in [-0.15, -0.1) is 0 Å². The lowest BCUT2D eigenvalue weighted by molar-refractivity contribution is -0.826. The Labute approximate surface area is 154 Å². The maximum atomic E-state index is 11.9. The zero-order valence-corrected chi connectivity index (χ0v) is 15.7. The van der Waals surface area contributed by atoms with E-state index in [1.165, 1.54) is 4.90 Å². The van der Waals surface area contributed by atoms with E-state index in [1.54, 1.807) is 7.05 Å². The second-order valence-electron chi connectivity index (χ2n) is 8.88. The smallest absolute Gasteiger partial charge is 0.293 e. The number of carbonyl (C=O) groups excluding carboxylic acids is 2. The molecule has 0 aromatic carbocycles. The summed E-state index contributed by atoms with van der Waals surface area (Å²) in [4.78, 5) is 29.1. The van der Waals surface area contributed by atoms with Gasteiger partial charge in [-0.25, -0.2) is 4.99 Å². The monoisotopic (exact) mass is 359 g/mol. The molecule has 6 nitrogen and oxygen atoms in total. The van der Waals surface area contributed by atoms with Gasteiger partial charge >= 0.3 is 0 Å². The molecule has 1 aliphatic heterocycles. The summed E-state index contributed by atoms with van der Waals surface area (Å²) < 4.78 is 0. The summed E-state index contributed by atoms with van der Waals surface area (Å²) in [5.41, 5.74) is 7.38. The third-order valence-corrected chi connectivity index (χ3v) is 8.30. The maximum absolute atomic E-state index is 11.9. The first-order valence-corrected chi connectivity index (χ1v) is 9.88. The average molecular weight is 359 g/mol. The van der Waals surface area contributed by atoms with E-state index in [-0.39, 0.29) is 10.8 Å². The molecule has 2 bridgehead atoms. The number of aldehydes is 1. The highest BCUT2D eigenvalue weighted by atomic mass is 16.4. The Morgan fingerprint density at radius 2 is 2.19 bits per heavy atom. The van der Waals surface area contributed by atoms with Crippen molar-refractivity contribution < 1.29 is 19.6 Å². The molecule has 6 heteroatoms. The number of rotatable bonds is 2. The van der Waals surface area contributed by atoms with Gasteiger partial charge in [0.15, 0.2) is 0 Å². The van der Waals surface area contributed by atoms with Gasteiger partial charge in [0.2, 0.25) is 0 Å². The van der Waals surface area contributed by atoms with Crippen molar-refractivity contribution in [3.63, 3.8) is 0 Å². The molecular formula is C20H29N3O3. The summed E-state index contributed by atoms with van der Waals surface area (Å²) in [7, 11) is 1.73. The van der Waals surface area contributed by atoms with E-state index >= 15 is 0 Å². The van der Waals surface area contributed by atoms with Crippen LogP contribution < -0.4 is 15.7 Å². The summed E-state index contributed by atoms with van der Waals surface area (Å²) in [5, 5.41) is 11.9. The number of carbonyl (C=O) groups is 2. The first kappa shape index (κ1) is 17.7. The van der Waals surface area contributed by atoms with Gasteiger partial charge in [-0.2, -0.15) is 0 Å². The Morgan fingerprint density at radius 1 is 1.42 bits per heavy atom. The largest absolute Gasteiger partial charge is 0.545 e. The summed E-state index contributed by atoms with van der Waals surface area (Å²) in [5.74, 6) is -0.145. The minimum Gasteiger partial charge on any atom is -0.545 e. The Hall–Kier alpha value is -1.69. The lowest BCUT2D eigenvalue weighted by Crippen LogP contribution is -3.18. The van der Waals surface area contributed by atoms with Crippen molar-refractivity contribution in [2.45, 2.75) is 45.4 Å². The zero-order valence-electron chi connectivity index (χ0n) is 15.7. The summed E-state index contributed by atoms with van der Waals surface area (Å²) >= 11 is 0. The number of likely N-dealkylation sites (tertiary alicyclic amines) is 1. The molecular weight excluding hydrogens is 330 g/mol. The van der Waals surface area contributed by atoms with Crippen LogP contribution in [0.4, 0.5) is 0 Å². The van der Waals surface area contributed by atoms with E-state index in [0.717, 1.165) is 57.1 Å². The van der Waals surface area contributed by atoms with Crippen LogP contribution in [0.25, 0.3) is 0 Å². The highest BCUT2D eigenvalue weighted by molar-refractivity contribution is 5.92. The van der Waals surface area contributed by atoms with E-state index in [9.17, 15) is 14.7 Å². The molecule has 4 rings (SSSR count). The number of carboxylic acid groups (broad SMARTS) is 1. The fourth-order valence-corrected chi connectivity index (χ4v) is 7.37. The van der Waals surface area contributed by atoms with Gasteiger partial charge in [-0.1, -0.05) is 12.5 Å². The van der Waals surface area contributed by atoms with Crippen LogP contribution in [0.3, 0.4) is 0 Å². The quantitative estimate of drug-likeness (QED) is 0.387. The SMILES string of the molecule is CN=C(N)[NH+]1CCCC2(C1)C1CCC(C)C23CC(C=O)C(C(=O)[O-])=C3C1. The van der Waals surface area contributed by atoms with Crippen molar-refractivity contribution in [2.75, 3.05) is 20.1 Å². The number of aliphatic carboxylic acids is 1. The van der Waals surface area contributed by atoms with Crippen molar-refractivity contribution in [2.24, 2.45) is 39.3 Å². The molecule has 2 saturated carbocycles. The number of allylic oxidation sites excluding steroid dienone is 1. The lowest BCUT2D eigenvalue weighted by Gasteiger charge is -2.56. The van der Waals surface area contributed by atoms with Crippen LogP contribution in [-0.4, -0.2) is 38.4 Å². The van der Waals surface area contributed by atoms with Gasteiger partial charge in [0.05, 0.1) is 19.1 Å². The topological polar surface area (TPSA) is 100 Å². The summed E-state index contributed by atoms with van der Waals surface area (Å²) in [6, 6.07) is 0. The lowest BCUT2D eigenvalue weighted by atomic mass is 9.48. The first-order chi connectivity index (χ1) is 12.4. The Morgan fingerprint density at radius 3 is 2.85 bits per heavy atom. The van der Waals surface area contributed by atoms with Crippen LogP contribution in [0.15, 0.2) is 16.1 Å². The Bertz CT molecular complexity index is 715. The molecule has 2 spiro atoms. The molecule has 0 aromatic rings. The second kappa shape index (κ2) is 5.91. The third-order valence-electron chi connectivity index (χ3n) is 8.30. The number of carboxylic acids is 1. The molecule has 6 atom stereocenters. The molecule has 0 radical (unpaired) electrons. The van der Waals surface area contributed by atoms with Crippen LogP contribution in [0.5, 0.6) is 0 Å². The molecule has 3 fully saturated rings.